The van der Waals surface area contributed by atoms with Gasteiger partial charge in [0.25, 0.3) is 0 Å². The molecule has 0 radical (unpaired) electrons. The molecule has 0 saturated carbocycles. The number of fused-ring (bicyclic) bond motifs is 2. The van der Waals surface area contributed by atoms with Crippen LogP contribution in [0, 0.1) is 0 Å². The number of hydrogen-bond acceptors (Lipinski definition) is 5. The number of amides is 1. The van der Waals surface area contributed by atoms with Gasteiger partial charge in [-0.25, -0.2) is 4.79 Å². The van der Waals surface area contributed by atoms with E-state index in [1.165, 1.54) is 18.2 Å². The highest BCUT2D eigenvalue weighted by Crippen LogP contribution is 2.34. The first-order chi connectivity index (χ1) is 14.5. The maximum atomic E-state index is 12.9. The SMILES string of the molecule is CCOc1ccc(/C=C2\CCc3c2oc2cc(NC(=O)C(=O)O)ccc2c3=O)cc1. The number of carboxylic acids is 1. The number of carboxylic acid groups (broad SMARTS) is 1. The van der Waals surface area contributed by atoms with Gasteiger partial charge < -0.3 is 19.6 Å². The third kappa shape index (κ3) is 3.69. The minimum absolute atomic E-state index is 0.113. The Morgan fingerprint density at radius 1 is 1.17 bits per heavy atom. The van der Waals surface area contributed by atoms with Crippen molar-refractivity contribution in [2.45, 2.75) is 19.8 Å². The Hall–Kier alpha value is -3.87. The Bertz CT molecular complexity index is 1240. The summed E-state index contributed by atoms with van der Waals surface area (Å²) in [6.45, 7) is 2.52. The van der Waals surface area contributed by atoms with Crippen LogP contribution in [-0.2, 0) is 16.0 Å². The first-order valence-corrected chi connectivity index (χ1v) is 9.54. The first-order valence-electron chi connectivity index (χ1n) is 9.54. The van der Waals surface area contributed by atoms with Gasteiger partial charge in [-0.15, -0.1) is 0 Å². The summed E-state index contributed by atoms with van der Waals surface area (Å²) in [7, 11) is 0. The van der Waals surface area contributed by atoms with Crippen LogP contribution in [0.5, 0.6) is 5.75 Å². The van der Waals surface area contributed by atoms with E-state index in [1.54, 1.807) is 0 Å². The number of allylic oxidation sites excluding steroid dienone is 1. The highest BCUT2D eigenvalue weighted by molar-refractivity contribution is 6.36. The lowest BCUT2D eigenvalue weighted by Gasteiger charge is -2.07. The van der Waals surface area contributed by atoms with Crippen LogP contribution in [0.3, 0.4) is 0 Å². The molecular weight excluding hydrogens is 386 g/mol. The second-order valence-electron chi connectivity index (χ2n) is 6.88. The monoisotopic (exact) mass is 405 g/mol. The van der Waals surface area contributed by atoms with E-state index < -0.39 is 11.9 Å². The van der Waals surface area contributed by atoms with Gasteiger partial charge in [0.1, 0.15) is 17.1 Å². The van der Waals surface area contributed by atoms with Gasteiger partial charge in [-0.05, 0) is 61.2 Å². The summed E-state index contributed by atoms with van der Waals surface area (Å²) in [4.78, 5) is 35.0. The van der Waals surface area contributed by atoms with Gasteiger partial charge in [0.05, 0.1) is 12.0 Å². The normalized spacial score (nSPS) is 14.0. The summed E-state index contributed by atoms with van der Waals surface area (Å²) in [5.74, 6) is -1.43. The van der Waals surface area contributed by atoms with E-state index in [2.05, 4.69) is 5.32 Å². The Kier molecular flexibility index (Phi) is 5.10. The molecule has 152 valence electrons. The van der Waals surface area contributed by atoms with Gasteiger partial charge in [-0.3, -0.25) is 9.59 Å². The van der Waals surface area contributed by atoms with Crippen LogP contribution in [-0.4, -0.2) is 23.6 Å². The van der Waals surface area contributed by atoms with Gasteiger partial charge in [0.15, 0.2) is 5.43 Å². The summed E-state index contributed by atoms with van der Waals surface area (Å²) in [5.41, 5.74) is 2.92. The predicted octanol–water partition coefficient (Wildman–Crippen LogP) is 3.70. The standard InChI is InChI=1S/C23H19NO6/c1-2-29-16-7-3-13(4-8-16)11-14-5-9-18-20(25)17-10-6-15(24-22(26)23(27)28)12-19(17)30-21(14)18/h3-4,6-8,10-12H,2,5,9H2,1H3,(H,24,26)(H,27,28)/b14-11+. The largest absolute Gasteiger partial charge is 0.494 e. The van der Waals surface area contributed by atoms with Crippen molar-refractivity contribution in [2.75, 3.05) is 11.9 Å². The van der Waals surface area contributed by atoms with E-state index >= 15 is 0 Å². The predicted molar refractivity (Wildman–Crippen MR) is 113 cm³/mol. The van der Waals surface area contributed by atoms with Gasteiger partial charge >= 0.3 is 11.9 Å². The highest BCUT2D eigenvalue weighted by Gasteiger charge is 2.24. The first kappa shape index (κ1) is 19.4. The lowest BCUT2D eigenvalue weighted by molar-refractivity contribution is -0.147. The fourth-order valence-electron chi connectivity index (χ4n) is 3.52. The van der Waals surface area contributed by atoms with Crippen molar-refractivity contribution < 1.29 is 23.8 Å². The minimum Gasteiger partial charge on any atom is -0.494 e. The van der Waals surface area contributed by atoms with E-state index in [-0.39, 0.29) is 11.1 Å². The van der Waals surface area contributed by atoms with Crippen LogP contribution in [0.1, 0.15) is 30.2 Å². The van der Waals surface area contributed by atoms with Gasteiger partial charge in [0, 0.05) is 17.3 Å². The van der Waals surface area contributed by atoms with Crippen molar-refractivity contribution >= 4 is 40.2 Å². The molecule has 1 amide bonds. The second kappa shape index (κ2) is 7.87. The Morgan fingerprint density at radius 3 is 2.63 bits per heavy atom. The maximum absolute atomic E-state index is 12.9. The molecule has 4 rings (SSSR count). The molecular formula is C23H19NO6. The van der Waals surface area contributed by atoms with Crippen molar-refractivity contribution in [2.24, 2.45) is 0 Å². The van der Waals surface area contributed by atoms with Crippen LogP contribution in [0.15, 0.2) is 51.7 Å². The number of nitrogens with one attached hydrogen (secondary N) is 1. The molecule has 1 aliphatic rings. The molecule has 0 aliphatic heterocycles. The molecule has 3 aromatic rings. The maximum Gasteiger partial charge on any atom is 0.394 e. The molecule has 0 spiro atoms. The third-order valence-electron chi connectivity index (χ3n) is 4.91. The average Bonchev–Trinajstić information content (AvgIpc) is 3.12. The van der Waals surface area contributed by atoms with E-state index in [9.17, 15) is 14.4 Å². The molecule has 0 atom stereocenters. The van der Waals surface area contributed by atoms with Gasteiger partial charge in [0.2, 0.25) is 0 Å². The molecule has 7 heteroatoms. The fourth-order valence-corrected chi connectivity index (χ4v) is 3.52. The van der Waals surface area contributed by atoms with Crippen LogP contribution >= 0.6 is 0 Å². The Morgan fingerprint density at radius 2 is 1.93 bits per heavy atom. The quantitative estimate of drug-likeness (QED) is 0.641. The van der Waals surface area contributed by atoms with Crippen molar-refractivity contribution in [1.29, 1.82) is 0 Å². The average molecular weight is 405 g/mol. The fraction of sp³-hybridized carbons (Fsp3) is 0.174. The summed E-state index contributed by atoms with van der Waals surface area (Å²) in [6.07, 6.45) is 3.25. The molecule has 0 unspecified atom stereocenters. The second-order valence-corrected chi connectivity index (χ2v) is 6.88. The summed E-state index contributed by atoms with van der Waals surface area (Å²) < 4.78 is 11.5. The van der Waals surface area contributed by atoms with Crippen LogP contribution in [0.25, 0.3) is 22.6 Å². The summed E-state index contributed by atoms with van der Waals surface area (Å²) in [6, 6.07) is 12.1. The van der Waals surface area contributed by atoms with Crippen LogP contribution in [0.4, 0.5) is 5.69 Å². The molecule has 0 bridgehead atoms. The molecule has 1 aliphatic carbocycles. The Balaban J connectivity index is 1.72. The van der Waals surface area contributed by atoms with Crippen molar-refractivity contribution in [1.82, 2.24) is 0 Å². The number of aliphatic carboxylic acids is 1. The minimum atomic E-state index is -1.59. The lowest BCUT2D eigenvalue weighted by Crippen LogP contribution is -2.21. The number of anilines is 1. The number of hydrogen-bond donors (Lipinski definition) is 2. The van der Waals surface area contributed by atoms with Crippen molar-refractivity contribution in [3.63, 3.8) is 0 Å². The molecule has 1 heterocycles. The molecule has 2 aromatic carbocycles. The van der Waals surface area contributed by atoms with E-state index in [0.29, 0.717) is 41.7 Å². The smallest absolute Gasteiger partial charge is 0.394 e. The molecule has 1 aromatic heterocycles. The number of benzene rings is 2. The van der Waals surface area contributed by atoms with Gasteiger partial charge in [-0.2, -0.15) is 0 Å². The van der Waals surface area contributed by atoms with E-state index in [0.717, 1.165) is 16.9 Å². The molecule has 0 fully saturated rings. The number of carbonyl (C=O) groups excluding carboxylic acids is 1. The summed E-state index contributed by atoms with van der Waals surface area (Å²) in [5, 5.41) is 11.4. The van der Waals surface area contributed by atoms with Crippen LogP contribution in [0.2, 0.25) is 0 Å². The highest BCUT2D eigenvalue weighted by atomic mass is 16.5. The number of ether oxygens (including phenoxy) is 1. The van der Waals surface area contributed by atoms with Gasteiger partial charge in [-0.1, -0.05) is 12.1 Å². The zero-order valence-corrected chi connectivity index (χ0v) is 16.2. The topological polar surface area (TPSA) is 106 Å². The Labute approximate surface area is 171 Å². The number of carbonyl (C=O) groups is 2. The number of rotatable bonds is 4. The zero-order chi connectivity index (χ0) is 21.3. The van der Waals surface area contributed by atoms with Crippen molar-refractivity contribution in [3.8, 4) is 5.75 Å². The van der Waals surface area contributed by atoms with Crippen molar-refractivity contribution in [3.05, 3.63) is 69.6 Å². The molecule has 7 nitrogen and oxygen atoms in total. The lowest BCUT2D eigenvalue weighted by atomic mass is 10.1. The molecule has 30 heavy (non-hydrogen) atoms. The van der Waals surface area contributed by atoms with E-state index in [4.69, 9.17) is 14.3 Å². The van der Waals surface area contributed by atoms with E-state index in [1.807, 2.05) is 37.3 Å². The molecule has 0 saturated heterocycles. The molecule has 2 N–H and O–H groups in total. The summed E-state index contributed by atoms with van der Waals surface area (Å²) >= 11 is 0. The zero-order valence-electron chi connectivity index (χ0n) is 16.2. The van der Waals surface area contributed by atoms with Crippen LogP contribution < -0.4 is 15.5 Å². The third-order valence-corrected chi connectivity index (χ3v) is 4.91.